The number of rotatable bonds is 8. The maximum Gasteiger partial charge on any atom is 0.262 e. The summed E-state index contributed by atoms with van der Waals surface area (Å²) in [7, 11) is -9.13. The molecule has 1 unspecified atom stereocenters. The molecule has 4 N–H and O–H groups in total. The van der Waals surface area contributed by atoms with Crippen molar-refractivity contribution >= 4 is 49.2 Å². The van der Waals surface area contributed by atoms with Crippen LogP contribution in [0.3, 0.4) is 0 Å². The molecule has 0 spiro atoms. The number of hydroxylamine groups is 1. The normalized spacial score (nSPS) is 13.1. The van der Waals surface area contributed by atoms with Gasteiger partial charge < -0.3 is 0 Å². The number of benzene rings is 2. The van der Waals surface area contributed by atoms with Gasteiger partial charge in [0.05, 0.1) is 5.02 Å². The highest BCUT2D eigenvalue weighted by Crippen LogP contribution is 2.25. The maximum absolute atomic E-state index is 13.8. The predicted molar refractivity (Wildman–Crippen MR) is 102 cm³/mol. The summed E-state index contributed by atoms with van der Waals surface area (Å²) in [5.41, 5.74) is 1.18. The molecule has 2 rings (SSSR count). The van der Waals surface area contributed by atoms with Crippen LogP contribution in [0.2, 0.25) is 10.0 Å². The second-order valence-electron chi connectivity index (χ2n) is 5.65. The average molecular weight is 504 g/mol. The minimum Gasteiger partial charge on any atom is -0.289 e. The second kappa shape index (κ2) is 9.51. The molecule has 0 aliphatic rings. The van der Waals surface area contributed by atoms with Gasteiger partial charge in [-0.3, -0.25) is 10.0 Å². The van der Waals surface area contributed by atoms with Crippen molar-refractivity contribution in [1.82, 2.24) is 14.9 Å². The molecule has 0 fully saturated rings. The molecule has 2 aromatic carbocycles. The fourth-order valence-corrected chi connectivity index (χ4v) is 5.23. The van der Waals surface area contributed by atoms with Crippen LogP contribution in [0.25, 0.3) is 0 Å². The molecule has 0 saturated heterocycles. The van der Waals surface area contributed by atoms with Crippen molar-refractivity contribution in [3.8, 4) is 0 Å². The number of sulfonamides is 2. The SMILES string of the molecule is O=C(NO)C(CNS(=O)(=O)c1ccc(F)cc1F)NS(=O)(=O)c1cc(Cl)ccc1Cl. The number of amides is 1. The lowest BCUT2D eigenvalue weighted by molar-refractivity contribution is -0.130. The Morgan fingerprint density at radius 1 is 1.00 bits per heavy atom. The monoisotopic (exact) mass is 503 g/mol. The second-order valence-corrected chi connectivity index (χ2v) is 9.91. The highest BCUT2D eigenvalue weighted by atomic mass is 35.5. The van der Waals surface area contributed by atoms with E-state index >= 15 is 0 Å². The minimum absolute atomic E-state index is 0.00965. The molecule has 1 atom stereocenters. The molecule has 164 valence electrons. The van der Waals surface area contributed by atoms with E-state index < -0.39 is 60.0 Å². The van der Waals surface area contributed by atoms with Gasteiger partial charge in [0, 0.05) is 17.6 Å². The van der Waals surface area contributed by atoms with Gasteiger partial charge in [-0.25, -0.2) is 35.8 Å². The highest BCUT2D eigenvalue weighted by molar-refractivity contribution is 7.90. The van der Waals surface area contributed by atoms with E-state index in [1.165, 1.54) is 17.6 Å². The predicted octanol–water partition coefficient (Wildman–Crippen LogP) is 1.40. The van der Waals surface area contributed by atoms with Gasteiger partial charge in [0.25, 0.3) is 5.91 Å². The Kier molecular flexibility index (Phi) is 7.74. The largest absolute Gasteiger partial charge is 0.289 e. The Balaban J connectivity index is 2.28. The van der Waals surface area contributed by atoms with Crippen LogP contribution in [0.15, 0.2) is 46.2 Å². The number of nitrogens with one attached hydrogen (secondary N) is 3. The summed E-state index contributed by atoms with van der Waals surface area (Å²) < 4.78 is 79.9. The summed E-state index contributed by atoms with van der Waals surface area (Å²) in [6.07, 6.45) is 0. The summed E-state index contributed by atoms with van der Waals surface area (Å²) >= 11 is 11.6. The first-order valence-electron chi connectivity index (χ1n) is 7.73. The smallest absolute Gasteiger partial charge is 0.262 e. The topological polar surface area (TPSA) is 142 Å². The van der Waals surface area contributed by atoms with Crippen molar-refractivity contribution in [1.29, 1.82) is 0 Å². The van der Waals surface area contributed by atoms with Crippen molar-refractivity contribution < 1.29 is 35.6 Å². The number of carbonyl (C=O) groups excluding carboxylic acids is 1. The summed E-state index contributed by atoms with van der Waals surface area (Å²) in [5, 5.41) is 8.60. The quantitative estimate of drug-likeness (QED) is 0.317. The van der Waals surface area contributed by atoms with Crippen molar-refractivity contribution in [3.05, 3.63) is 58.1 Å². The van der Waals surface area contributed by atoms with Crippen molar-refractivity contribution in [3.63, 3.8) is 0 Å². The zero-order chi connectivity index (χ0) is 22.7. The Labute approximate surface area is 180 Å². The molecule has 15 heteroatoms. The fourth-order valence-electron chi connectivity index (χ4n) is 2.16. The molecule has 30 heavy (non-hydrogen) atoms. The zero-order valence-electron chi connectivity index (χ0n) is 14.6. The van der Waals surface area contributed by atoms with Crippen LogP contribution in [0.1, 0.15) is 0 Å². The Bertz CT molecular complexity index is 1180. The van der Waals surface area contributed by atoms with Gasteiger partial charge in [0.2, 0.25) is 20.0 Å². The van der Waals surface area contributed by atoms with Crippen LogP contribution < -0.4 is 14.9 Å². The molecule has 1 amide bonds. The molecule has 0 aliphatic heterocycles. The van der Waals surface area contributed by atoms with Gasteiger partial charge >= 0.3 is 0 Å². The Morgan fingerprint density at radius 2 is 1.67 bits per heavy atom. The van der Waals surface area contributed by atoms with Crippen LogP contribution in [0, 0.1) is 11.6 Å². The van der Waals surface area contributed by atoms with Gasteiger partial charge in [0.1, 0.15) is 27.5 Å². The first kappa shape index (κ1) is 24.4. The zero-order valence-corrected chi connectivity index (χ0v) is 17.7. The molecular formula is C15H13Cl2F2N3O6S2. The number of hydrogen-bond acceptors (Lipinski definition) is 6. The van der Waals surface area contributed by atoms with E-state index in [0.717, 1.165) is 6.07 Å². The van der Waals surface area contributed by atoms with Crippen molar-refractivity contribution in [2.75, 3.05) is 6.54 Å². The van der Waals surface area contributed by atoms with Crippen LogP contribution in [-0.4, -0.2) is 40.5 Å². The minimum atomic E-state index is -4.61. The lowest BCUT2D eigenvalue weighted by atomic mass is 10.3. The van der Waals surface area contributed by atoms with Crippen LogP contribution in [-0.2, 0) is 24.8 Å². The molecule has 0 saturated carbocycles. The first-order valence-corrected chi connectivity index (χ1v) is 11.5. The van der Waals surface area contributed by atoms with E-state index in [2.05, 4.69) is 0 Å². The van der Waals surface area contributed by atoms with Gasteiger partial charge in [-0.05, 0) is 30.3 Å². The number of hydrogen-bond donors (Lipinski definition) is 4. The van der Waals surface area contributed by atoms with E-state index in [1.807, 2.05) is 4.72 Å². The van der Waals surface area contributed by atoms with E-state index in [4.69, 9.17) is 28.4 Å². The fraction of sp³-hybridized carbons (Fsp3) is 0.133. The number of halogens is 4. The number of carbonyl (C=O) groups is 1. The molecule has 0 aromatic heterocycles. The lowest BCUT2D eigenvalue weighted by Gasteiger charge is -2.18. The Morgan fingerprint density at radius 3 is 2.27 bits per heavy atom. The third kappa shape index (κ3) is 5.85. The molecule has 0 bridgehead atoms. The third-order valence-electron chi connectivity index (χ3n) is 3.57. The van der Waals surface area contributed by atoms with Crippen LogP contribution in [0.5, 0.6) is 0 Å². The Hall–Kier alpha value is -1.87. The van der Waals surface area contributed by atoms with Crippen LogP contribution in [0.4, 0.5) is 8.78 Å². The van der Waals surface area contributed by atoms with Crippen molar-refractivity contribution in [2.24, 2.45) is 0 Å². The van der Waals surface area contributed by atoms with Gasteiger partial charge in [-0.15, -0.1) is 0 Å². The summed E-state index contributed by atoms with van der Waals surface area (Å²) in [6.45, 7) is -0.942. The summed E-state index contributed by atoms with van der Waals surface area (Å²) in [5.74, 6) is -3.76. The van der Waals surface area contributed by atoms with Crippen molar-refractivity contribution in [2.45, 2.75) is 15.8 Å². The summed E-state index contributed by atoms with van der Waals surface area (Å²) in [4.78, 5) is 10.4. The molecule has 0 aliphatic carbocycles. The van der Waals surface area contributed by atoms with Gasteiger partial charge in [0.15, 0.2) is 0 Å². The molecule has 0 heterocycles. The maximum atomic E-state index is 13.8. The van der Waals surface area contributed by atoms with E-state index in [1.54, 1.807) is 4.72 Å². The first-order chi connectivity index (χ1) is 13.9. The third-order valence-corrected chi connectivity index (χ3v) is 7.21. The van der Waals surface area contributed by atoms with Gasteiger partial charge in [-0.2, -0.15) is 4.72 Å². The summed E-state index contributed by atoms with van der Waals surface area (Å²) in [6, 6.07) is 3.26. The lowest BCUT2D eigenvalue weighted by Crippen LogP contribution is -2.52. The molecular weight excluding hydrogens is 491 g/mol. The van der Waals surface area contributed by atoms with Crippen LogP contribution >= 0.6 is 23.2 Å². The van der Waals surface area contributed by atoms with E-state index in [-0.39, 0.29) is 10.0 Å². The average Bonchev–Trinajstić information content (AvgIpc) is 2.66. The molecule has 2 aromatic rings. The standard InChI is InChI=1S/C15H13Cl2F2N3O6S2/c16-8-1-3-10(17)14(5-8)30(27,28)22-12(15(23)21-24)7-20-29(25,26)13-4-2-9(18)6-11(13)19/h1-6,12,20,22,24H,7H2,(H,21,23). The van der Waals surface area contributed by atoms with E-state index in [9.17, 15) is 30.4 Å². The van der Waals surface area contributed by atoms with E-state index in [0.29, 0.717) is 18.2 Å². The molecule has 9 nitrogen and oxygen atoms in total. The molecule has 0 radical (unpaired) electrons. The highest BCUT2D eigenvalue weighted by Gasteiger charge is 2.29. The van der Waals surface area contributed by atoms with Gasteiger partial charge in [-0.1, -0.05) is 23.2 Å².